The van der Waals surface area contributed by atoms with E-state index in [1.807, 2.05) is 0 Å². The Kier molecular flexibility index (Phi) is 5.82. The summed E-state index contributed by atoms with van der Waals surface area (Å²) in [6.07, 6.45) is 1.59. The number of cyclic esters (lactones) is 1. The zero-order valence-corrected chi connectivity index (χ0v) is 17.1. The average Bonchev–Trinajstić information content (AvgIpc) is 3.15. The van der Waals surface area contributed by atoms with E-state index in [1.54, 1.807) is 86.0 Å². The fraction of sp³-hybridized carbons (Fsp3) is 0.0417. The van der Waals surface area contributed by atoms with Crippen LogP contribution in [0, 0.1) is 0 Å². The van der Waals surface area contributed by atoms with Crippen molar-refractivity contribution in [2.24, 2.45) is 4.99 Å². The second kappa shape index (κ2) is 8.85. The van der Waals surface area contributed by atoms with Gasteiger partial charge in [-0.05, 0) is 54.1 Å². The van der Waals surface area contributed by atoms with E-state index in [4.69, 9.17) is 25.8 Å². The zero-order valence-electron chi connectivity index (χ0n) is 16.4. The number of benzene rings is 3. The van der Waals surface area contributed by atoms with E-state index in [1.165, 1.54) is 0 Å². The molecule has 1 aliphatic heterocycles. The van der Waals surface area contributed by atoms with Crippen LogP contribution in [0.25, 0.3) is 6.08 Å². The van der Waals surface area contributed by atoms with Crippen LogP contribution in [0.4, 0.5) is 0 Å². The summed E-state index contributed by atoms with van der Waals surface area (Å²) in [5.74, 6) is 0.0910. The van der Waals surface area contributed by atoms with Gasteiger partial charge in [-0.15, -0.1) is 0 Å². The van der Waals surface area contributed by atoms with Gasteiger partial charge in [0.05, 0.1) is 17.7 Å². The largest absolute Gasteiger partial charge is 0.497 e. The van der Waals surface area contributed by atoms with E-state index in [-0.39, 0.29) is 17.2 Å². The van der Waals surface area contributed by atoms with Crippen molar-refractivity contribution in [1.82, 2.24) is 0 Å². The number of esters is 2. The molecule has 31 heavy (non-hydrogen) atoms. The van der Waals surface area contributed by atoms with Gasteiger partial charge < -0.3 is 14.2 Å². The Hall–Kier alpha value is -3.90. The molecule has 0 amide bonds. The van der Waals surface area contributed by atoms with E-state index in [2.05, 4.69) is 4.99 Å². The van der Waals surface area contributed by atoms with E-state index >= 15 is 0 Å². The topological polar surface area (TPSA) is 74.2 Å². The highest BCUT2D eigenvalue weighted by Gasteiger charge is 2.24. The van der Waals surface area contributed by atoms with Gasteiger partial charge in [0.15, 0.2) is 5.70 Å². The first-order valence-electron chi connectivity index (χ1n) is 9.27. The van der Waals surface area contributed by atoms with Gasteiger partial charge in [0.2, 0.25) is 5.90 Å². The van der Waals surface area contributed by atoms with Crippen molar-refractivity contribution in [1.29, 1.82) is 0 Å². The molecule has 0 saturated carbocycles. The molecule has 0 saturated heterocycles. The van der Waals surface area contributed by atoms with Crippen molar-refractivity contribution < 1.29 is 23.8 Å². The summed E-state index contributed by atoms with van der Waals surface area (Å²) in [4.78, 5) is 28.7. The maximum absolute atomic E-state index is 12.3. The Morgan fingerprint density at radius 3 is 2.52 bits per heavy atom. The number of carbonyl (C=O) groups is 2. The third kappa shape index (κ3) is 4.65. The van der Waals surface area contributed by atoms with Crippen molar-refractivity contribution in [2.45, 2.75) is 0 Å². The number of aliphatic imine (C=N–C) groups is 1. The van der Waals surface area contributed by atoms with Gasteiger partial charge in [0.25, 0.3) is 0 Å². The van der Waals surface area contributed by atoms with Crippen LogP contribution in [0.3, 0.4) is 0 Å². The summed E-state index contributed by atoms with van der Waals surface area (Å²) >= 11 is 6.02. The summed E-state index contributed by atoms with van der Waals surface area (Å²) in [7, 11) is 1.56. The number of rotatable bonds is 5. The van der Waals surface area contributed by atoms with Crippen LogP contribution >= 0.6 is 11.6 Å². The molecule has 0 atom stereocenters. The molecule has 1 heterocycles. The molecular formula is C24H16ClNO5. The van der Waals surface area contributed by atoms with E-state index < -0.39 is 11.9 Å². The first-order chi connectivity index (χ1) is 15.0. The molecule has 0 aliphatic carbocycles. The Morgan fingerprint density at radius 2 is 1.77 bits per heavy atom. The molecule has 0 bridgehead atoms. The third-order valence-electron chi connectivity index (χ3n) is 4.43. The van der Waals surface area contributed by atoms with Gasteiger partial charge in [-0.1, -0.05) is 41.9 Å². The van der Waals surface area contributed by atoms with Gasteiger partial charge >= 0.3 is 11.9 Å². The second-order valence-electron chi connectivity index (χ2n) is 6.51. The smallest absolute Gasteiger partial charge is 0.363 e. The molecule has 7 heteroatoms. The van der Waals surface area contributed by atoms with Gasteiger partial charge in [-0.25, -0.2) is 14.6 Å². The number of nitrogens with zero attached hydrogens (tertiary/aromatic N) is 1. The SMILES string of the molecule is COc1cccc(C2=N/C(=C\c3ccc(OC(=O)c4ccccc4Cl)cc3)C(=O)O2)c1. The molecule has 1 aliphatic rings. The minimum absolute atomic E-state index is 0.165. The predicted octanol–water partition coefficient (Wildman–Crippen LogP) is 4.91. The molecule has 0 unspecified atom stereocenters. The lowest BCUT2D eigenvalue weighted by atomic mass is 10.2. The number of methoxy groups -OCH3 is 1. The molecule has 0 aromatic heterocycles. The number of hydrogen-bond donors (Lipinski definition) is 0. The lowest BCUT2D eigenvalue weighted by Crippen LogP contribution is -2.08. The van der Waals surface area contributed by atoms with Crippen LogP contribution in [0.1, 0.15) is 21.5 Å². The monoisotopic (exact) mass is 433 g/mol. The van der Waals surface area contributed by atoms with Crippen LogP contribution in [-0.4, -0.2) is 24.9 Å². The molecule has 3 aromatic carbocycles. The van der Waals surface area contributed by atoms with Crippen LogP contribution < -0.4 is 9.47 Å². The Morgan fingerprint density at radius 1 is 1.00 bits per heavy atom. The second-order valence-corrected chi connectivity index (χ2v) is 6.91. The van der Waals surface area contributed by atoms with Crippen LogP contribution in [0.5, 0.6) is 11.5 Å². The van der Waals surface area contributed by atoms with Crippen molar-refractivity contribution >= 4 is 35.5 Å². The number of hydrogen-bond acceptors (Lipinski definition) is 6. The van der Waals surface area contributed by atoms with Gasteiger partial charge in [0, 0.05) is 5.56 Å². The quantitative estimate of drug-likeness (QED) is 0.324. The van der Waals surface area contributed by atoms with Gasteiger partial charge in [-0.3, -0.25) is 0 Å². The van der Waals surface area contributed by atoms with Gasteiger partial charge in [-0.2, -0.15) is 0 Å². The predicted molar refractivity (Wildman–Crippen MR) is 116 cm³/mol. The van der Waals surface area contributed by atoms with Gasteiger partial charge in [0.1, 0.15) is 11.5 Å². The van der Waals surface area contributed by atoms with Crippen LogP contribution in [0.15, 0.2) is 83.5 Å². The maximum atomic E-state index is 12.3. The van der Waals surface area contributed by atoms with Crippen LogP contribution in [-0.2, 0) is 9.53 Å². The minimum Gasteiger partial charge on any atom is -0.497 e. The summed E-state index contributed by atoms with van der Waals surface area (Å²) in [6, 6.07) is 20.4. The highest BCUT2D eigenvalue weighted by molar-refractivity contribution is 6.33. The minimum atomic E-state index is -0.552. The molecule has 0 spiro atoms. The Labute approximate surface area is 183 Å². The molecule has 6 nitrogen and oxygen atoms in total. The zero-order chi connectivity index (χ0) is 21.8. The van der Waals surface area contributed by atoms with Crippen molar-refractivity contribution in [3.05, 3.63) is 100 Å². The number of carbonyl (C=O) groups excluding carboxylic acids is 2. The normalized spacial score (nSPS) is 14.2. The molecular weight excluding hydrogens is 418 g/mol. The highest BCUT2D eigenvalue weighted by atomic mass is 35.5. The first-order valence-corrected chi connectivity index (χ1v) is 9.65. The molecule has 0 radical (unpaired) electrons. The summed E-state index contributed by atoms with van der Waals surface area (Å²) in [5, 5.41) is 0.318. The number of halogens is 1. The molecule has 0 fully saturated rings. The fourth-order valence-electron chi connectivity index (χ4n) is 2.87. The summed E-state index contributed by atoms with van der Waals surface area (Å²) in [5.41, 5.74) is 1.78. The number of ether oxygens (including phenoxy) is 3. The average molecular weight is 434 g/mol. The first kappa shape index (κ1) is 20.4. The third-order valence-corrected chi connectivity index (χ3v) is 4.75. The molecule has 0 N–H and O–H groups in total. The molecule has 4 rings (SSSR count). The summed E-state index contributed by atoms with van der Waals surface area (Å²) in [6.45, 7) is 0. The van der Waals surface area contributed by atoms with Crippen molar-refractivity contribution in [3.63, 3.8) is 0 Å². The lowest BCUT2D eigenvalue weighted by molar-refractivity contribution is -0.129. The Bertz CT molecular complexity index is 1210. The van der Waals surface area contributed by atoms with Crippen LogP contribution in [0.2, 0.25) is 5.02 Å². The molecule has 3 aromatic rings. The molecule has 154 valence electrons. The van der Waals surface area contributed by atoms with Crippen molar-refractivity contribution in [3.8, 4) is 11.5 Å². The Balaban J connectivity index is 1.50. The van der Waals surface area contributed by atoms with E-state index in [0.717, 1.165) is 0 Å². The van der Waals surface area contributed by atoms with Crippen molar-refractivity contribution in [2.75, 3.05) is 7.11 Å². The van der Waals surface area contributed by atoms with E-state index in [9.17, 15) is 9.59 Å². The maximum Gasteiger partial charge on any atom is 0.363 e. The standard InChI is InChI=1S/C24H16ClNO5/c1-29-18-6-4-5-16(14-18)22-26-21(24(28)31-22)13-15-9-11-17(12-10-15)30-23(27)19-7-2-3-8-20(19)25/h2-14H,1H3/b21-13-. The lowest BCUT2D eigenvalue weighted by Gasteiger charge is -2.06. The summed E-state index contributed by atoms with van der Waals surface area (Å²) < 4.78 is 15.8. The van der Waals surface area contributed by atoms with E-state index in [0.29, 0.717) is 27.6 Å². The fourth-order valence-corrected chi connectivity index (χ4v) is 3.08. The highest BCUT2D eigenvalue weighted by Crippen LogP contribution is 2.23.